The Bertz CT molecular complexity index is 362. The summed E-state index contributed by atoms with van der Waals surface area (Å²) in [6.45, 7) is 10.6. The van der Waals surface area contributed by atoms with Crippen molar-refractivity contribution < 1.29 is 28.5 Å². The van der Waals surface area contributed by atoms with Gasteiger partial charge in [-0.2, -0.15) is 0 Å². The Kier molecular flexibility index (Phi) is 16.5. The smallest absolute Gasteiger partial charge is 0.320 e. The largest absolute Gasteiger partial charge is 0.502 e. The summed E-state index contributed by atoms with van der Waals surface area (Å²) in [5.74, 6) is -1.83. The number of ether oxygens (including phenoxy) is 4. The topological polar surface area (TPSA) is 71.1 Å². The fourth-order valence-electron chi connectivity index (χ4n) is 2.22. The standard InChI is InChI=1S/C20H34O6/c1-4-7-8-13-18(19(21)25-16-11-9-14-23-5-2)20(22)26-17-12-10-15-24-6-3/h5-6,18H,2-4,7-17H2,1H3. The van der Waals surface area contributed by atoms with E-state index in [1.54, 1.807) is 0 Å². The highest BCUT2D eigenvalue weighted by Gasteiger charge is 2.29. The van der Waals surface area contributed by atoms with Gasteiger partial charge in [0, 0.05) is 0 Å². The molecule has 0 saturated carbocycles. The summed E-state index contributed by atoms with van der Waals surface area (Å²) in [4.78, 5) is 24.5. The van der Waals surface area contributed by atoms with Crippen molar-refractivity contribution in [1.82, 2.24) is 0 Å². The molecule has 0 aromatic rings. The molecule has 0 aliphatic heterocycles. The lowest BCUT2D eigenvalue weighted by Crippen LogP contribution is -2.28. The maximum Gasteiger partial charge on any atom is 0.320 e. The first kappa shape index (κ1) is 24.0. The lowest BCUT2D eigenvalue weighted by Gasteiger charge is -2.15. The van der Waals surface area contributed by atoms with Gasteiger partial charge in [-0.25, -0.2) is 0 Å². The van der Waals surface area contributed by atoms with Gasteiger partial charge < -0.3 is 18.9 Å². The molecule has 0 spiro atoms. The molecule has 0 atom stereocenters. The van der Waals surface area contributed by atoms with Gasteiger partial charge in [0.1, 0.15) is 0 Å². The molecular weight excluding hydrogens is 336 g/mol. The van der Waals surface area contributed by atoms with Crippen molar-refractivity contribution in [2.24, 2.45) is 5.92 Å². The van der Waals surface area contributed by atoms with E-state index in [1.807, 2.05) is 0 Å². The molecule has 0 N–H and O–H groups in total. The molecular formula is C20H34O6. The molecule has 0 rings (SSSR count). The zero-order chi connectivity index (χ0) is 19.5. The summed E-state index contributed by atoms with van der Waals surface area (Å²) in [5, 5.41) is 0. The van der Waals surface area contributed by atoms with E-state index in [0.717, 1.165) is 32.1 Å². The van der Waals surface area contributed by atoms with Crippen molar-refractivity contribution in [3.8, 4) is 0 Å². The molecule has 0 aromatic carbocycles. The van der Waals surface area contributed by atoms with Crippen molar-refractivity contribution in [2.75, 3.05) is 26.4 Å². The van der Waals surface area contributed by atoms with E-state index in [-0.39, 0.29) is 13.2 Å². The Morgan fingerprint density at radius 2 is 1.23 bits per heavy atom. The predicted octanol–water partition coefficient (Wildman–Crippen LogP) is 4.15. The van der Waals surface area contributed by atoms with Crippen molar-refractivity contribution in [1.29, 1.82) is 0 Å². The molecule has 0 aromatic heterocycles. The summed E-state index contributed by atoms with van der Waals surface area (Å²) in [5.41, 5.74) is 0. The van der Waals surface area contributed by atoms with Gasteiger partial charge in [0.05, 0.1) is 39.0 Å². The molecule has 0 heterocycles. The second-order valence-electron chi connectivity index (χ2n) is 5.87. The molecule has 26 heavy (non-hydrogen) atoms. The summed E-state index contributed by atoms with van der Waals surface area (Å²) >= 11 is 0. The van der Waals surface area contributed by atoms with Crippen LogP contribution < -0.4 is 0 Å². The minimum absolute atomic E-state index is 0.274. The van der Waals surface area contributed by atoms with E-state index in [2.05, 4.69) is 20.1 Å². The molecule has 0 aliphatic carbocycles. The van der Waals surface area contributed by atoms with E-state index < -0.39 is 17.9 Å². The third-order valence-electron chi connectivity index (χ3n) is 3.70. The zero-order valence-corrected chi connectivity index (χ0v) is 16.1. The van der Waals surface area contributed by atoms with Crippen LogP contribution in [0.5, 0.6) is 0 Å². The molecule has 0 saturated heterocycles. The lowest BCUT2D eigenvalue weighted by atomic mass is 10.0. The van der Waals surface area contributed by atoms with Crippen molar-refractivity contribution in [2.45, 2.75) is 58.3 Å². The van der Waals surface area contributed by atoms with Gasteiger partial charge in [-0.05, 0) is 32.1 Å². The molecule has 0 fully saturated rings. The summed E-state index contributed by atoms with van der Waals surface area (Å²) in [7, 11) is 0. The Morgan fingerprint density at radius 3 is 1.65 bits per heavy atom. The van der Waals surface area contributed by atoms with Crippen LogP contribution in [-0.4, -0.2) is 38.4 Å². The molecule has 0 radical (unpaired) electrons. The fourth-order valence-corrected chi connectivity index (χ4v) is 2.22. The molecule has 6 nitrogen and oxygen atoms in total. The molecule has 150 valence electrons. The van der Waals surface area contributed by atoms with Crippen molar-refractivity contribution >= 4 is 11.9 Å². The van der Waals surface area contributed by atoms with Gasteiger partial charge in [0.15, 0.2) is 5.92 Å². The van der Waals surface area contributed by atoms with Gasteiger partial charge in [-0.15, -0.1) is 0 Å². The maximum atomic E-state index is 12.2. The molecule has 0 unspecified atom stereocenters. The fraction of sp³-hybridized carbons (Fsp3) is 0.700. The first-order valence-corrected chi connectivity index (χ1v) is 9.45. The highest BCUT2D eigenvalue weighted by molar-refractivity contribution is 5.94. The molecule has 0 aliphatic rings. The lowest BCUT2D eigenvalue weighted by molar-refractivity contribution is -0.162. The normalized spacial score (nSPS) is 10.2. The average molecular weight is 370 g/mol. The number of unbranched alkanes of at least 4 members (excludes halogenated alkanes) is 4. The summed E-state index contributed by atoms with van der Waals surface area (Å²) < 4.78 is 20.5. The third-order valence-corrected chi connectivity index (χ3v) is 3.70. The number of esters is 2. The van der Waals surface area contributed by atoms with Crippen LogP contribution in [0.25, 0.3) is 0 Å². The number of carbonyl (C=O) groups is 2. The van der Waals surface area contributed by atoms with Gasteiger partial charge in [0.2, 0.25) is 0 Å². The summed E-state index contributed by atoms with van der Waals surface area (Å²) in [6, 6.07) is 0. The van der Waals surface area contributed by atoms with Gasteiger partial charge >= 0.3 is 11.9 Å². The monoisotopic (exact) mass is 370 g/mol. The molecule has 6 heteroatoms. The minimum Gasteiger partial charge on any atom is -0.502 e. The highest BCUT2D eigenvalue weighted by Crippen LogP contribution is 2.15. The molecule has 0 bridgehead atoms. The first-order valence-electron chi connectivity index (χ1n) is 9.45. The van der Waals surface area contributed by atoms with Crippen molar-refractivity contribution in [3.63, 3.8) is 0 Å². The highest BCUT2D eigenvalue weighted by atomic mass is 16.6. The van der Waals surface area contributed by atoms with Crippen LogP contribution in [0, 0.1) is 5.92 Å². The first-order chi connectivity index (χ1) is 12.7. The van der Waals surface area contributed by atoms with E-state index in [4.69, 9.17) is 18.9 Å². The van der Waals surface area contributed by atoms with Crippen LogP contribution in [0.1, 0.15) is 58.3 Å². The van der Waals surface area contributed by atoms with Crippen LogP contribution in [0.4, 0.5) is 0 Å². The number of hydrogen-bond donors (Lipinski definition) is 0. The van der Waals surface area contributed by atoms with Crippen LogP contribution in [0.3, 0.4) is 0 Å². The van der Waals surface area contributed by atoms with Crippen LogP contribution >= 0.6 is 0 Å². The number of rotatable bonds is 18. The maximum absolute atomic E-state index is 12.2. The van der Waals surface area contributed by atoms with Crippen LogP contribution in [0.2, 0.25) is 0 Å². The van der Waals surface area contributed by atoms with E-state index in [0.29, 0.717) is 32.5 Å². The Balaban J connectivity index is 4.20. The predicted molar refractivity (Wildman–Crippen MR) is 100 cm³/mol. The van der Waals surface area contributed by atoms with Gasteiger partial charge in [-0.1, -0.05) is 39.3 Å². The average Bonchev–Trinajstić information content (AvgIpc) is 2.64. The second kappa shape index (κ2) is 17.8. The van der Waals surface area contributed by atoms with E-state index in [9.17, 15) is 9.59 Å². The molecule has 0 amide bonds. The van der Waals surface area contributed by atoms with Crippen LogP contribution in [-0.2, 0) is 28.5 Å². The quantitative estimate of drug-likeness (QED) is 0.156. The van der Waals surface area contributed by atoms with E-state index >= 15 is 0 Å². The Morgan fingerprint density at radius 1 is 0.769 bits per heavy atom. The summed E-state index contributed by atoms with van der Waals surface area (Å²) in [6.07, 6.45) is 8.90. The third kappa shape index (κ3) is 13.3. The zero-order valence-electron chi connectivity index (χ0n) is 16.1. The van der Waals surface area contributed by atoms with Crippen LogP contribution in [0.15, 0.2) is 25.7 Å². The number of hydrogen-bond acceptors (Lipinski definition) is 6. The SMILES string of the molecule is C=COCCCCOC(=O)C(CCCCC)C(=O)OCCCCOC=C. The second-order valence-corrected chi connectivity index (χ2v) is 5.87. The Hall–Kier alpha value is -1.98. The van der Waals surface area contributed by atoms with Gasteiger partial charge in [-0.3, -0.25) is 9.59 Å². The van der Waals surface area contributed by atoms with Crippen molar-refractivity contribution in [3.05, 3.63) is 25.7 Å². The Labute approximate surface area is 157 Å². The number of carbonyl (C=O) groups excluding carboxylic acids is 2. The van der Waals surface area contributed by atoms with Gasteiger partial charge in [0.25, 0.3) is 0 Å². The van der Waals surface area contributed by atoms with E-state index in [1.165, 1.54) is 12.5 Å². The minimum atomic E-state index is -0.838.